The molecule has 0 aliphatic heterocycles. The van der Waals surface area contributed by atoms with Gasteiger partial charge in [-0.1, -0.05) is 6.92 Å². The predicted octanol–water partition coefficient (Wildman–Crippen LogP) is 2.38. The number of aromatic nitrogens is 1. The Balaban J connectivity index is 2.92. The number of pyridine rings is 1. The molecule has 1 N–H and O–H groups in total. The van der Waals surface area contributed by atoms with Crippen LogP contribution in [0, 0.1) is 0 Å². The third kappa shape index (κ3) is 3.44. The standard InChI is InChI=1S/C13H21N3O/c1-5-7-15-12-6-8-14-9-11(12)13(17)16(4)10(2)3/h6,8-10H,5,7H2,1-4H3,(H,14,15). The number of anilines is 1. The molecule has 0 bridgehead atoms. The monoisotopic (exact) mass is 235 g/mol. The Kier molecular flexibility index (Phi) is 4.94. The smallest absolute Gasteiger partial charge is 0.257 e. The molecule has 0 saturated carbocycles. The number of nitrogens with one attached hydrogen (secondary N) is 1. The molecular formula is C13H21N3O. The first-order valence-electron chi connectivity index (χ1n) is 6.03. The summed E-state index contributed by atoms with van der Waals surface area (Å²) in [5, 5.41) is 3.25. The van der Waals surface area contributed by atoms with Gasteiger partial charge in [0.25, 0.3) is 5.91 Å². The Morgan fingerprint density at radius 3 is 2.82 bits per heavy atom. The molecule has 94 valence electrons. The maximum Gasteiger partial charge on any atom is 0.257 e. The van der Waals surface area contributed by atoms with Crippen LogP contribution in [0.15, 0.2) is 18.5 Å². The average molecular weight is 235 g/mol. The first-order chi connectivity index (χ1) is 8.07. The molecule has 0 atom stereocenters. The van der Waals surface area contributed by atoms with Crippen LogP contribution in [-0.2, 0) is 0 Å². The Morgan fingerprint density at radius 1 is 1.53 bits per heavy atom. The topological polar surface area (TPSA) is 45.2 Å². The van der Waals surface area contributed by atoms with E-state index in [0.29, 0.717) is 5.56 Å². The second kappa shape index (κ2) is 6.23. The largest absolute Gasteiger partial charge is 0.384 e. The van der Waals surface area contributed by atoms with Gasteiger partial charge in [-0.3, -0.25) is 9.78 Å². The molecule has 0 saturated heterocycles. The lowest BCUT2D eigenvalue weighted by molar-refractivity contribution is 0.0755. The van der Waals surface area contributed by atoms with Crippen molar-refractivity contribution in [3.05, 3.63) is 24.0 Å². The Hall–Kier alpha value is -1.58. The summed E-state index contributed by atoms with van der Waals surface area (Å²) in [5.41, 5.74) is 1.50. The van der Waals surface area contributed by atoms with Crippen molar-refractivity contribution in [1.29, 1.82) is 0 Å². The summed E-state index contributed by atoms with van der Waals surface area (Å²) in [6.07, 6.45) is 4.35. The van der Waals surface area contributed by atoms with Gasteiger partial charge in [0, 0.05) is 32.0 Å². The van der Waals surface area contributed by atoms with Crippen LogP contribution in [0.25, 0.3) is 0 Å². The number of carbonyl (C=O) groups excluding carboxylic acids is 1. The van der Waals surface area contributed by atoms with Crippen molar-refractivity contribution in [2.45, 2.75) is 33.2 Å². The Morgan fingerprint density at radius 2 is 2.24 bits per heavy atom. The van der Waals surface area contributed by atoms with Gasteiger partial charge >= 0.3 is 0 Å². The third-order valence-corrected chi connectivity index (χ3v) is 2.71. The normalized spacial score (nSPS) is 10.4. The van der Waals surface area contributed by atoms with E-state index in [1.54, 1.807) is 17.3 Å². The van der Waals surface area contributed by atoms with E-state index in [2.05, 4.69) is 17.2 Å². The number of rotatable bonds is 5. The SMILES string of the molecule is CCCNc1ccncc1C(=O)N(C)C(C)C. The van der Waals surface area contributed by atoms with Crippen molar-refractivity contribution in [3.8, 4) is 0 Å². The van der Waals surface area contributed by atoms with Crippen LogP contribution < -0.4 is 5.32 Å². The fourth-order valence-electron chi connectivity index (χ4n) is 1.40. The van der Waals surface area contributed by atoms with E-state index in [-0.39, 0.29) is 11.9 Å². The van der Waals surface area contributed by atoms with E-state index < -0.39 is 0 Å². The van der Waals surface area contributed by atoms with E-state index in [9.17, 15) is 4.79 Å². The fourth-order valence-corrected chi connectivity index (χ4v) is 1.40. The van der Waals surface area contributed by atoms with Gasteiger partial charge in [0.1, 0.15) is 0 Å². The molecule has 17 heavy (non-hydrogen) atoms. The minimum Gasteiger partial charge on any atom is -0.384 e. The molecule has 0 spiro atoms. The Bertz CT molecular complexity index is 377. The van der Waals surface area contributed by atoms with E-state index in [0.717, 1.165) is 18.7 Å². The molecule has 0 fully saturated rings. The van der Waals surface area contributed by atoms with Crippen LogP contribution in [0.4, 0.5) is 5.69 Å². The zero-order valence-electron chi connectivity index (χ0n) is 11.0. The van der Waals surface area contributed by atoms with Gasteiger partial charge in [-0.05, 0) is 26.3 Å². The number of carbonyl (C=O) groups is 1. The summed E-state index contributed by atoms with van der Waals surface area (Å²) in [6.45, 7) is 6.94. The van der Waals surface area contributed by atoms with Crippen LogP contribution in [0.3, 0.4) is 0 Å². The van der Waals surface area contributed by atoms with Crippen molar-refractivity contribution in [3.63, 3.8) is 0 Å². The van der Waals surface area contributed by atoms with Crippen molar-refractivity contribution in [2.75, 3.05) is 18.9 Å². The van der Waals surface area contributed by atoms with Gasteiger partial charge in [-0.15, -0.1) is 0 Å². The second-order valence-corrected chi connectivity index (χ2v) is 4.36. The lowest BCUT2D eigenvalue weighted by Crippen LogP contribution is -2.33. The number of hydrogen-bond donors (Lipinski definition) is 1. The lowest BCUT2D eigenvalue weighted by atomic mass is 10.2. The second-order valence-electron chi connectivity index (χ2n) is 4.36. The van der Waals surface area contributed by atoms with Gasteiger partial charge in [0.2, 0.25) is 0 Å². The Labute approximate surface area is 103 Å². The number of hydrogen-bond acceptors (Lipinski definition) is 3. The molecule has 0 unspecified atom stereocenters. The molecule has 0 aliphatic carbocycles. The molecule has 1 amide bonds. The van der Waals surface area contributed by atoms with E-state index in [1.165, 1.54) is 0 Å². The van der Waals surface area contributed by atoms with Gasteiger partial charge in [0.05, 0.1) is 11.3 Å². The molecule has 0 radical (unpaired) electrons. The van der Waals surface area contributed by atoms with Crippen LogP contribution in [0.2, 0.25) is 0 Å². The van der Waals surface area contributed by atoms with E-state index >= 15 is 0 Å². The number of amides is 1. The van der Waals surface area contributed by atoms with Gasteiger partial charge in [-0.2, -0.15) is 0 Å². The van der Waals surface area contributed by atoms with E-state index in [1.807, 2.05) is 27.0 Å². The zero-order valence-corrected chi connectivity index (χ0v) is 11.0. The van der Waals surface area contributed by atoms with Crippen molar-refractivity contribution in [1.82, 2.24) is 9.88 Å². The zero-order chi connectivity index (χ0) is 12.8. The van der Waals surface area contributed by atoms with Gasteiger partial charge in [-0.25, -0.2) is 0 Å². The highest BCUT2D eigenvalue weighted by atomic mass is 16.2. The predicted molar refractivity (Wildman–Crippen MR) is 70.2 cm³/mol. The lowest BCUT2D eigenvalue weighted by Gasteiger charge is -2.22. The fraction of sp³-hybridized carbons (Fsp3) is 0.538. The summed E-state index contributed by atoms with van der Waals surface area (Å²) >= 11 is 0. The number of nitrogens with zero attached hydrogens (tertiary/aromatic N) is 2. The van der Waals surface area contributed by atoms with Crippen molar-refractivity contribution in [2.24, 2.45) is 0 Å². The van der Waals surface area contributed by atoms with Crippen molar-refractivity contribution >= 4 is 11.6 Å². The molecular weight excluding hydrogens is 214 g/mol. The summed E-state index contributed by atoms with van der Waals surface area (Å²) in [6, 6.07) is 2.03. The molecule has 1 rings (SSSR count). The van der Waals surface area contributed by atoms with Gasteiger partial charge in [0.15, 0.2) is 0 Å². The first kappa shape index (κ1) is 13.5. The molecule has 4 heteroatoms. The third-order valence-electron chi connectivity index (χ3n) is 2.71. The minimum absolute atomic E-state index is 0.00621. The summed E-state index contributed by atoms with van der Waals surface area (Å²) in [4.78, 5) is 18.0. The highest BCUT2D eigenvalue weighted by Gasteiger charge is 2.17. The minimum atomic E-state index is 0.00621. The van der Waals surface area contributed by atoms with Crippen LogP contribution in [0.5, 0.6) is 0 Å². The molecule has 1 aromatic heterocycles. The maximum atomic E-state index is 12.2. The highest BCUT2D eigenvalue weighted by molar-refractivity contribution is 5.99. The molecule has 0 aliphatic rings. The average Bonchev–Trinajstić information content (AvgIpc) is 2.34. The summed E-state index contributed by atoms with van der Waals surface area (Å²) in [7, 11) is 1.81. The molecule has 1 heterocycles. The maximum absolute atomic E-state index is 12.2. The molecule has 0 aromatic carbocycles. The summed E-state index contributed by atoms with van der Waals surface area (Å²) < 4.78 is 0. The highest BCUT2D eigenvalue weighted by Crippen LogP contribution is 2.16. The van der Waals surface area contributed by atoms with E-state index in [4.69, 9.17) is 0 Å². The van der Waals surface area contributed by atoms with Crippen LogP contribution in [0.1, 0.15) is 37.6 Å². The van der Waals surface area contributed by atoms with Crippen molar-refractivity contribution < 1.29 is 4.79 Å². The quantitative estimate of drug-likeness (QED) is 0.852. The summed E-state index contributed by atoms with van der Waals surface area (Å²) in [5.74, 6) is 0.00621. The van der Waals surface area contributed by atoms with Crippen LogP contribution in [-0.4, -0.2) is 35.4 Å². The first-order valence-corrected chi connectivity index (χ1v) is 6.03. The molecule has 1 aromatic rings. The molecule has 4 nitrogen and oxygen atoms in total. The van der Waals surface area contributed by atoms with Gasteiger partial charge < -0.3 is 10.2 Å². The van der Waals surface area contributed by atoms with Crippen LogP contribution >= 0.6 is 0 Å².